The van der Waals surface area contributed by atoms with Crippen LogP contribution in [0.25, 0.3) is 0 Å². The molecule has 2 rings (SSSR count). The molecule has 0 spiro atoms. The molecule has 0 amide bonds. The summed E-state index contributed by atoms with van der Waals surface area (Å²) in [6.07, 6.45) is -6.04. The Kier molecular flexibility index (Phi) is 4.97. The maximum Gasteiger partial charge on any atom is 0.392 e. The van der Waals surface area contributed by atoms with Crippen LogP contribution in [0.15, 0.2) is 42.5 Å². The molecule has 1 nitrogen and oxygen atoms in total. The first-order chi connectivity index (χ1) is 10.1. The third kappa shape index (κ3) is 3.87. The maximum absolute atomic E-state index is 12.9. The normalized spacial score (nSPS) is 14.7. The first kappa shape index (κ1) is 17.4. The van der Waals surface area contributed by atoms with E-state index < -0.39 is 18.2 Å². The molecule has 0 radical (unpaired) electrons. The van der Waals surface area contributed by atoms with Crippen LogP contribution in [0.5, 0.6) is 0 Å². The molecule has 0 bridgehead atoms. The van der Waals surface area contributed by atoms with Crippen LogP contribution in [-0.4, -0.2) is 11.3 Å². The van der Waals surface area contributed by atoms with Crippen LogP contribution in [0.1, 0.15) is 17.5 Å². The van der Waals surface area contributed by atoms with Gasteiger partial charge in [0.05, 0.1) is 16.5 Å². The molecule has 118 valence electrons. The molecule has 1 N–H and O–H groups in total. The van der Waals surface area contributed by atoms with E-state index in [1.54, 1.807) is 0 Å². The number of hydrogen-bond donors (Lipinski definition) is 1. The molecule has 0 fully saturated rings. The van der Waals surface area contributed by atoms with E-state index in [9.17, 15) is 18.3 Å². The molecule has 1 atom stereocenters. The Morgan fingerprint density at radius 1 is 0.818 bits per heavy atom. The molecule has 0 saturated carbocycles. The zero-order chi connectivity index (χ0) is 16.5. The van der Waals surface area contributed by atoms with E-state index in [1.807, 2.05) is 0 Å². The summed E-state index contributed by atoms with van der Waals surface area (Å²) in [5.74, 6) is 0. The van der Waals surface area contributed by atoms with Gasteiger partial charge < -0.3 is 5.11 Å². The van der Waals surface area contributed by atoms with Gasteiger partial charge in [-0.05, 0) is 35.4 Å². The van der Waals surface area contributed by atoms with Crippen LogP contribution in [0.3, 0.4) is 0 Å². The highest BCUT2D eigenvalue weighted by Gasteiger charge is 2.43. The predicted molar refractivity (Wildman–Crippen MR) is 81.6 cm³/mol. The molecule has 2 aromatic carbocycles. The van der Waals surface area contributed by atoms with E-state index in [1.165, 1.54) is 42.5 Å². The van der Waals surface area contributed by atoms with Crippen molar-refractivity contribution in [3.63, 3.8) is 0 Å². The number of benzene rings is 2. The topological polar surface area (TPSA) is 20.2 Å². The van der Waals surface area contributed by atoms with Gasteiger partial charge in [0.1, 0.15) is 5.60 Å². The van der Waals surface area contributed by atoms with Gasteiger partial charge in [-0.3, -0.25) is 0 Å². The molecule has 22 heavy (non-hydrogen) atoms. The smallest absolute Gasteiger partial charge is 0.380 e. The van der Waals surface area contributed by atoms with Crippen molar-refractivity contribution in [3.8, 4) is 0 Å². The Hall–Kier alpha value is -0.940. The second-order valence-corrected chi connectivity index (χ2v) is 6.04. The van der Waals surface area contributed by atoms with Gasteiger partial charge in [0.2, 0.25) is 0 Å². The Labute approximate surface area is 140 Å². The fourth-order valence-corrected chi connectivity index (χ4v) is 2.56. The maximum atomic E-state index is 12.9. The Balaban J connectivity index is 2.58. The number of aliphatic hydroxyl groups is 1. The number of rotatable bonds is 3. The summed E-state index contributed by atoms with van der Waals surface area (Å²) < 4.78 is 38.8. The first-order valence-corrected chi connectivity index (χ1v) is 7.26. The largest absolute Gasteiger partial charge is 0.392 e. The van der Waals surface area contributed by atoms with Crippen molar-refractivity contribution in [1.82, 2.24) is 0 Å². The van der Waals surface area contributed by atoms with Gasteiger partial charge in [0, 0.05) is 5.02 Å². The average Bonchev–Trinajstić information content (AvgIpc) is 2.40. The van der Waals surface area contributed by atoms with E-state index >= 15 is 0 Å². The summed E-state index contributed by atoms with van der Waals surface area (Å²) in [5, 5.41) is 11.3. The average molecular weight is 370 g/mol. The van der Waals surface area contributed by atoms with Crippen molar-refractivity contribution in [2.45, 2.75) is 18.2 Å². The van der Waals surface area contributed by atoms with Crippen molar-refractivity contribution >= 4 is 34.8 Å². The molecule has 0 heterocycles. The van der Waals surface area contributed by atoms with Crippen LogP contribution >= 0.6 is 34.8 Å². The fourth-order valence-electron chi connectivity index (χ4n) is 2.14. The third-order valence-electron chi connectivity index (χ3n) is 3.18. The van der Waals surface area contributed by atoms with Crippen molar-refractivity contribution in [2.75, 3.05) is 0 Å². The lowest BCUT2D eigenvalue weighted by atomic mass is 9.83. The standard InChI is InChI=1S/C15H10Cl3F3O/c16-11-4-1-9(2-5-11)14(22,8-15(19,20)21)10-3-6-12(17)13(18)7-10/h1-7,22H,8H2. The van der Waals surface area contributed by atoms with Crippen LogP contribution in [0.2, 0.25) is 15.1 Å². The van der Waals surface area contributed by atoms with Crippen LogP contribution in [-0.2, 0) is 5.60 Å². The lowest BCUT2D eigenvalue weighted by Crippen LogP contribution is -2.33. The molecule has 0 saturated heterocycles. The molecule has 7 heteroatoms. The predicted octanol–water partition coefficient (Wildman–Crippen LogP) is 5.84. The van der Waals surface area contributed by atoms with E-state index in [4.69, 9.17) is 34.8 Å². The highest BCUT2D eigenvalue weighted by molar-refractivity contribution is 6.42. The van der Waals surface area contributed by atoms with Crippen molar-refractivity contribution in [3.05, 3.63) is 68.7 Å². The summed E-state index contributed by atoms with van der Waals surface area (Å²) in [5.41, 5.74) is -2.22. The summed E-state index contributed by atoms with van der Waals surface area (Å²) >= 11 is 17.4. The van der Waals surface area contributed by atoms with Gasteiger partial charge in [-0.15, -0.1) is 0 Å². The molecule has 0 aromatic heterocycles. The van der Waals surface area contributed by atoms with Crippen molar-refractivity contribution < 1.29 is 18.3 Å². The minimum Gasteiger partial charge on any atom is -0.380 e. The van der Waals surface area contributed by atoms with Gasteiger partial charge in [-0.25, -0.2) is 0 Å². The molecule has 1 unspecified atom stereocenters. The van der Waals surface area contributed by atoms with Gasteiger partial charge in [-0.2, -0.15) is 13.2 Å². The van der Waals surface area contributed by atoms with Gasteiger partial charge in [-0.1, -0.05) is 53.0 Å². The molecule has 2 aromatic rings. The molecule has 0 aliphatic carbocycles. The molecular formula is C15H10Cl3F3O. The zero-order valence-electron chi connectivity index (χ0n) is 11.0. The van der Waals surface area contributed by atoms with Gasteiger partial charge in [0.15, 0.2) is 0 Å². The van der Waals surface area contributed by atoms with E-state index in [0.717, 1.165) is 0 Å². The van der Waals surface area contributed by atoms with Gasteiger partial charge >= 0.3 is 6.18 Å². The summed E-state index contributed by atoms with van der Waals surface area (Å²) in [7, 11) is 0. The summed E-state index contributed by atoms with van der Waals surface area (Å²) in [6.45, 7) is 0. The Bertz CT molecular complexity index is 671. The van der Waals surface area contributed by atoms with Crippen LogP contribution < -0.4 is 0 Å². The number of halogens is 6. The van der Waals surface area contributed by atoms with Gasteiger partial charge in [0.25, 0.3) is 0 Å². The minimum atomic E-state index is -4.58. The third-order valence-corrected chi connectivity index (χ3v) is 4.17. The monoisotopic (exact) mass is 368 g/mol. The second kappa shape index (κ2) is 6.28. The molecule has 0 aliphatic rings. The zero-order valence-corrected chi connectivity index (χ0v) is 13.2. The summed E-state index contributed by atoms with van der Waals surface area (Å²) in [6, 6.07) is 9.40. The lowest BCUT2D eigenvalue weighted by molar-refractivity contribution is -0.169. The van der Waals surface area contributed by atoms with E-state index in [-0.39, 0.29) is 21.2 Å². The lowest BCUT2D eigenvalue weighted by Gasteiger charge is -2.30. The van der Waals surface area contributed by atoms with Crippen molar-refractivity contribution in [2.24, 2.45) is 0 Å². The summed E-state index contributed by atoms with van der Waals surface area (Å²) in [4.78, 5) is 0. The number of hydrogen-bond acceptors (Lipinski definition) is 1. The number of alkyl halides is 3. The Morgan fingerprint density at radius 3 is 1.86 bits per heavy atom. The Morgan fingerprint density at radius 2 is 1.36 bits per heavy atom. The second-order valence-electron chi connectivity index (χ2n) is 4.79. The first-order valence-electron chi connectivity index (χ1n) is 6.12. The quantitative estimate of drug-likeness (QED) is 0.721. The van der Waals surface area contributed by atoms with E-state index in [2.05, 4.69) is 0 Å². The fraction of sp³-hybridized carbons (Fsp3) is 0.200. The van der Waals surface area contributed by atoms with Crippen LogP contribution in [0, 0.1) is 0 Å². The highest BCUT2D eigenvalue weighted by Crippen LogP contribution is 2.41. The minimum absolute atomic E-state index is 0.00143. The highest BCUT2D eigenvalue weighted by atomic mass is 35.5. The SMILES string of the molecule is OC(CC(F)(F)F)(c1ccc(Cl)cc1)c1ccc(Cl)c(Cl)c1. The van der Waals surface area contributed by atoms with Crippen LogP contribution in [0.4, 0.5) is 13.2 Å². The molecular weight excluding hydrogens is 360 g/mol. The van der Waals surface area contributed by atoms with E-state index in [0.29, 0.717) is 5.02 Å². The molecule has 0 aliphatic heterocycles. The van der Waals surface area contributed by atoms with Crippen molar-refractivity contribution in [1.29, 1.82) is 0 Å².